The molecule has 21 heavy (non-hydrogen) atoms. The summed E-state index contributed by atoms with van der Waals surface area (Å²) in [5, 5.41) is 3.45. The SMILES string of the molecule is CCCNC1CCCC(c2ccc(C(F)(F)F)c(F)c2)C1. The molecule has 1 nitrogen and oxygen atoms in total. The van der Waals surface area contributed by atoms with Gasteiger partial charge in [0.05, 0.1) is 5.56 Å². The van der Waals surface area contributed by atoms with Crippen molar-refractivity contribution >= 4 is 0 Å². The molecule has 1 aliphatic rings. The molecule has 0 amide bonds. The molecule has 1 aromatic carbocycles. The maximum atomic E-state index is 13.7. The summed E-state index contributed by atoms with van der Waals surface area (Å²) in [5.74, 6) is -1.02. The Morgan fingerprint density at radius 3 is 2.62 bits per heavy atom. The number of halogens is 4. The monoisotopic (exact) mass is 303 g/mol. The van der Waals surface area contributed by atoms with Crippen molar-refractivity contribution in [2.24, 2.45) is 0 Å². The van der Waals surface area contributed by atoms with Crippen LogP contribution in [-0.4, -0.2) is 12.6 Å². The standard InChI is InChI=1S/C16H21F4N/c1-2-8-21-13-5-3-4-11(9-13)12-6-7-14(15(17)10-12)16(18,19)20/h6-7,10-11,13,21H,2-5,8-9H2,1H3. The summed E-state index contributed by atoms with van der Waals surface area (Å²) >= 11 is 0. The van der Waals surface area contributed by atoms with Crippen LogP contribution in [0.4, 0.5) is 17.6 Å². The number of hydrogen-bond acceptors (Lipinski definition) is 1. The number of nitrogens with one attached hydrogen (secondary N) is 1. The molecular weight excluding hydrogens is 282 g/mol. The van der Waals surface area contributed by atoms with Crippen LogP contribution >= 0.6 is 0 Å². The zero-order chi connectivity index (χ0) is 15.5. The topological polar surface area (TPSA) is 12.0 Å². The highest BCUT2D eigenvalue weighted by atomic mass is 19.4. The van der Waals surface area contributed by atoms with Gasteiger partial charge in [0.25, 0.3) is 0 Å². The fourth-order valence-electron chi connectivity index (χ4n) is 3.04. The van der Waals surface area contributed by atoms with Crippen LogP contribution in [0.1, 0.15) is 56.1 Å². The highest BCUT2D eigenvalue weighted by Gasteiger charge is 2.34. The van der Waals surface area contributed by atoms with Gasteiger partial charge in [0.15, 0.2) is 0 Å². The van der Waals surface area contributed by atoms with Crippen molar-refractivity contribution in [2.75, 3.05) is 6.54 Å². The van der Waals surface area contributed by atoms with Crippen molar-refractivity contribution in [1.29, 1.82) is 0 Å². The van der Waals surface area contributed by atoms with E-state index in [9.17, 15) is 17.6 Å². The van der Waals surface area contributed by atoms with Crippen LogP contribution in [0.3, 0.4) is 0 Å². The summed E-state index contributed by atoms with van der Waals surface area (Å²) < 4.78 is 51.4. The molecule has 0 bridgehead atoms. The second kappa shape index (κ2) is 6.77. The fourth-order valence-corrected chi connectivity index (χ4v) is 3.04. The molecule has 1 fully saturated rings. The third-order valence-corrected chi connectivity index (χ3v) is 4.13. The lowest BCUT2D eigenvalue weighted by molar-refractivity contribution is -0.140. The van der Waals surface area contributed by atoms with E-state index in [0.717, 1.165) is 50.8 Å². The molecule has 0 spiro atoms. The van der Waals surface area contributed by atoms with Gasteiger partial charge >= 0.3 is 6.18 Å². The maximum absolute atomic E-state index is 13.7. The summed E-state index contributed by atoms with van der Waals surface area (Å²) in [6, 6.07) is 3.75. The lowest BCUT2D eigenvalue weighted by Crippen LogP contribution is -2.34. The molecule has 0 saturated heterocycles. The van der Waals surface area contributed by atoms with Gasteiger partial charge in [-0.1, -0.05) is 19.4 Å². The van der Waals surface area contributed by atoms with Gasteiger partial charge in [0.1, 0.15) is 5.82 Å². The quantitative estimate of drug-likeness (QED) is 0.782. The minimum atomic E-state index is -4.62. The third-order valence-electron chi connectivity index (χ3n) is 4.13. The largest absolute Gasteiger partial charge is 0.419 e. The van der Waals surface area contributed by atoms with Crippen molar-refractivity contribution in [3.05, 3.63) is 35.1 Å². The highest BCUT2D eigenvalue weighted by molar-refractivity contribution is 5.29. The van der Waals surface area contributed by atoms with E-state index in [2.05, 4.69) is 12.2 Å². The van der Waals surface area contributed by atoms with Crippen molar-refractivity contribution in [2.45, 2.75) is 57.2 Å². The lowest BCUT2D eigenvalue weighted by atomic mass is 9.81. The zero-order valence-electron chi connectivity index (χ0n) is 12.1. The van der Waals surface area contributed by atoms with Crippen LogP contribution in [0, 0.1) is 5.82 Å². The van der Waals surface area contributed by atoms with Gasteiger partial charge in [-0.2, -0.15) is 13.2 Å². The summed E-state index contributed by atoms with van der Waals surface area (Å²) in [7, 11) is 0. The third kappa shape index (κ3) is 4.19. The summed E-state index contributed by atoms with van der Waals surface area (Å²) in [4.78, 5) is 0. The molecule has 1 N–H and O–H groups in total. The minimum absolute atomic E-state index is 0.143. The first kappa shape index (κ1) is 16.3. The van der Waals surface area contributed by atoms with Crippen molar-refractivity contribution in [3.63, 3.8) is 0 Å². The van der Waals surface area contributed by atoms with Gasteiger partial charge in [0, 0.05) is 6.04 Å². The van der Waals surface area contributed by atoms with Crippen molar-refractivity contribution in [3.8, 4) is 0 Å². The lowest BCUT2D eigenvalue weighted by Gasteiger charge is -2.30. The van der Waals surface area contributed by atoms with E-state index >= 15 is 0 Å². The molecule has 1 aliphatic carbocycles. The summed E-state index contributed by atoms with van der Waals surface area (Å²) in [6.45, 7) is 3.04. The van der Waals surface area contributed by atoms with Gasteiger partial charge in [-0.05, 0) is 55.8 Å². The Kier molecular flexibility index (Phi) is 5.25. The summed E-state index contributed by atoms with van der Waals surface area (Å²) in [6.07, 6.45) is 0.310. The van der Waals surface area contributed by atoms with Gasteiger partial charge < -0.3 is 5.32 Å². The van der Waals surface area contributed by atoms with Gasteiger partial charge in [0.2, 0.25) is 0 Å². The van der Waals surface area contributed by atoms with Gasteiger partial charge in [-0.15, -0.1) is 0 Å². The second-order valence-electron chi connectivity index (χ2n) is 5.75. The maximum Gasteiger partial charge on any atom is 0.419 e. The molecular formula is C16H21F4N. The number of hydrogen-bond donors (Lipinski definition) is 1. The van der Waals surface area contributed by atoms with Crippen LogP contribution in [0.5, 0.6) is 0 Å². The van der Waals surface area contributed by atoms with Crippen LogP contribution < -0.4 is 5.32 Å². The molecule has 5 heteroatoms. The van der Waals surface area contributed by atoms with E-state index in [0.29, 0.717) is 11.6 Å². The van der Waals surface area contributed by atoms with Gasteiger partial charge in [-0.3, -0.25) is 0 Å². The summed E-state index contributed by atoms with van der Waals surface area (Å²) in [5.41, 5.74) is -0.494. The van der Waals surface area contributed by atoms with Crippen LogP contribution in [0.15, 0.2) is 18.2 Å². The van der Waals surface area contributed by atoms with Crippen molar-refractivity contribution in [1.82, 2.24) is 5.32 Å². The average molecular weight is 303 g/mol. The molecule has 2 unspecified atom stereocenters. The Balaban J connectivity index is 2.09. The normalized spacial score (nSPS) is 23.3. The smallest absolute Gasteiger partial charge is 0.314 e. The second-order valence-corrected chi connectivity index (χ2v) is 5.75. The Morgan fingerprint density at radius 2 is 2.00 bits per heavy atom. The van der Waals surface area contributed by atoms with Crippen LogP contribution in [0.25, 0.3) is 0 Å². The average Bonchev–Trinajstić information content (AvgIpc) is 2.44. The van der Waals surface area contributed by atoms with Gasteiger partial charge in [-0.25, -0.2) is 4.39 Å². The first-order valence-electron chi connectivity index (χ1n) is 7.51. The zero-order valence-corrected chi connectivity index (χ0v) is 12.1. The van der Waals surface area contributed by atoms with Crippen molar-refractivity contribution < 1.29 is 17.6 Å². The van der Waals surface area contributed by atoms with E-state index < -0.39 is 17.6 Å². The van der Waals surface area contributed by atoms with Crippen LogP contribution in [0.2, 0.25) is 0 Å². The predicted molar refractivity (Wildman–Crippen MR) is 74.7 cm³/mol. The van der Waals surface area contributed by atoms with E-state index in [4.69, 9.17) is 0 Å². The first-order valence-corrected chi connectivity index (χ1v) is 7.51. The molecule has 0 aliphatic heterocycles. The molecule has 0 heterocycles. The molecule has 2 rings (SSSR count). The van der Waals surface area contributed by atoms with E-state index in [1.54, 1.807) is 0 Å². The number of benzene rings is 1. The van der Waals surface area contributed by atoms with E-state index in [1.807, 2.05) is 0 Å². The molecule has 0 radical (unpaired) electrons. The predicted octanol–water partition coefficient (Wildman–Crippen LogP) is 4.87. The molecule has 118 valence electrons. The van der Waals surface area contributed by atoms with E-state index in [-0.39, 0.29) is 5.92 Å². The Labute approximate surface area is 122 Å². The minimum Gasteiger partial charge on any atom is -0.314 e. The Morgan fingerprint density at radius 1 is 1.24 bits per heavy atom. The van der Waals surface area contributed by atoms with Crippen LogP contribution in [-0.2, 0) is 6.18 Å². The first-order chi connectivity index (χ1) is 9.91. The highest BCUT2D eigenvalue weighted by Crippen LogP contribution is 2.36. The molecule has 1 aromatic rings. The molecule has 2 atom stereocenters. The number of alkyl halides is 3. The Hall–Kier alpha value is -1.10. The Bertz CT molecular complexity index is 470. The van der Waals surface area contributed by atoms with E-state index in [1.165, 1.54) is 6.07 Å². The molecule has 0 aromatic heterocycles. The fraction of sp³-hybridized carbons (Fsp3) is 0.625. The molecule has 1 saturated carbocycles. The number of rotatable bonds is 4.